The summed E-state index contributed by atoms with van der Waals surface area (Å²) in [5.41, 5.74) is 0.0470. The lowest BCUT2D eigenvalue weighted by Crippen LogP contribution is -2.61. The first-order chi connectivity index (χ1) is 11.9. The van der Waals surface area contributed by atoms with E-state index in [-0.39, 0.29) is 16.1 Å². The number of fused-ring (bicyclic) bond motifs is 1. The van der Waals surface area contributed by atoms with Crippen LogP contribution in [0.3, 0.4) is 0 Å². The molecule has 3 unspecified atom stereocenters. The highest BCUT2D eigenvalue weighted by atomic mass is 32.2. The van der Waals surface area contributed by atoms with E-state index in [9.17, 15) is 18.5 Å². The topological polar surface area (TPSA) is 92.5 Å². The molecule has 3 aliphatic rings. The normalized spacial score (nSPS) is 32.8. The number of nitrogens with zero attached hydrogens (tertiary/aromatic N) is 2. The lowest BCUT2D eigenvalue weighted by molar-refractivity contribution is -0.384. The Morgan fingerprint density at radius 3 is 2.52 bits per heavy atom. The zero-order valence-electron chi connectivity index (χ0n) is 14.1. The molecule has 7 nitrogen and oxygen atoms in total. The van der Waals surface area contributed by atoms with Crippen molar-refractivity contribution < 1.29 is 13.3 Å². The maximum Gasteiger partial charge on any atom is 0.269 e. The van der Waals surface area contributed by atoms with E-state index in [1.165, 1.54) is 37.1 Å². The summed E-state index contributed by atoms with van der Waals surface area (Å²) in [6.07, 6.45) is 5.53. The van der Waals surface area contributed by atoms with Gasteiger partial charge in [-0.25, -0.2) is 8.42 Å². The zero-order chi connectivity index (χ0) is 17.7. The van der Waals surface area contributed by atoms with Crippen LogP contribution in [-0.2, 0) is 10.0 Å². The summed E-state index contributed by atoms with van der Waals surface area (Å²) in [6, 6.07) is 5.20. The van der Waals surface area contributed by atoms with Crippen molar-refractivity contribution in [2.24, 2.45) is 11.8 Å². The Bertz CT molecular complexity index is 780. The van der Waals surface area contributed by atoms with Gasteiger partial charge >= 0.3 is 0 Å². The van der Waals surface area contributed by atoms with E-state index in [1.54, 1.807) is 4.31 Å². The number of benzene rings is 1. The quantitative estimate of drug-likeness (QED) is 0.652. The van der Waals surface area contributed by atoms with Gasteiger partial charge < -0.3 is 5.32 Å². The molecule has 3 atom stereocenters. The Morgan fingerprint density at radius 1 is 1.16 bits per heavy atom. The average Bonchev–Trinajstić information content (AvgIpc) is 2.90. The van der Waals surface area contributed by atoms with E-state index in [0.717, 1.165) is 25.8 Å². The van der Waals surface area contributed by atoms with Gasteiger partial charge in [-0.15, -0.1) is 0 Å². The summed E-state index contributed by atoms with van der Waals surface area (Å²) in [7, 11) is -3.60. The van der Waals surface area contributed by atoms with Gasteiger partial charge in [0.05, 0.1) is 9.82 Å². The van der Waals surface area contributed by atoms with Crippen LogP contribution < -0.4 is 5.32 Å². The maximum absolute atomic E-state index is 13.0. The monoisotopic (exact) mass is 365 g/mol. The smallest absolute Gasteiger partial charge is 0.269 e. The van der Waals surface area contributed by atoms with Crippen LogP contribution in [-0.4, -0.2) is 42.8 Å². The molecule has 8 heteroatoms. The first-order valence-electron chi connectivity index (χ1n) is 8.93. The first kappa shape index (κ1) is 16.9. The predicted octanol–water partition coefficient (Wildman–Crippen LogP) is 2.14. The van der Waals surface area contributed by atoms with Crippen LogP contribution in [0.2, 0.25) is 0 Å². The van der Waals surface area contributed by atoms with Gasteiger partial charge in [0.1, 0.15) is 0 Å². The molecule has 1 aromatic carbocycles. The SMILES string of the molecule is O=[N+]([O-])c1ccc(S(=O)(=O)N2CCCC(C34CCC3CCN4)C2)cc1. The molecule has 0 radical (unpaired) electrons. The first-order valence-corrected chi connectivity index (χ1v) is 10.4. The van der Waals surface area contributed by atoms with E-state index in [1.807, 2.05) is 0 Å². The molecule has 4 rings (SSSR count). The van der Waals surface area contributed by atoms with E-state index < -0.39 is 14.9 Å². The summed E-state index contributed by atoms with van der Waals surface area (Å²) >= 11 is 0. The molecule has 1 N–H and O–H groups in total. The molecule has 2 aliphatic heterocycles. The Hall–Kier alpha value is -1.51. The van der Waals surface area contributed by atoms with Crippen molar-refractivity contribution >= 4 is 15.7 Å². The third-order valence-corrected chi connectivity index (χ3v) is 8.26. The van der Waals surface area contributed by atoms with Gasteiger partial charge in [0.15, 0.2) is 0 Å². The van der Waals surface area contributed by atoms with Gasteiger partial charge in [-0.05, 0) is 62.6 Å². The third-order valence-electron chi connectivity index (χ3n) is 6.38. The predicted molar refractivity (Wildman–Crippen MR) is 92.7 cm³/mol. The number of nitro groups is 1. The molecule has 1 aliphatic carbocycles. The van der Waals surface area contributed by atoms with Crippen molar-refractivity contribution in [3.63, 3.8) is 0 Å². The number of nitro benzene ring substituents is 1. The number of hydrogen-bond acceptors (Lipinski definition) is 5. The van der Waals surface area contributed by atoms with Crippen LogP contribution in [0, 0.1) is 22.0 Å². The minimum atomic E-state index is -3.60. The molecule has 1 aromatic rings. The van der Waals surface area contributed by atoms with Crippen molar-refractivity contribution in [1.29, 1.82) is 0 Å². The molecule has 1 saturated carbocycles. The maximum atomic E-state index is 13.0. The summed E-state index contributed by atoms with van der Waals surface area (Å²) < 4.78 is 27.5. The van der Waals surface area contributed by atoms with Crippen LogP contribution in [0.5, 0.6) is 0 Å². The second-order valence-electron chi connectivity index (χ2n) is 7.44. The number of nitrogens with one attached hydrogen (secondary N) is 1. The van der Waals surface area contributed by atoms with Gasteiger partial charge in [-0.1, -0.05) is 0 Å². The summed E-state index contributed by atoms with van der Waals surface area (Å²) in [6.45, 7) is 2.11. The molecule has 3 fully saturated rings. The minimum absolute atomic E-state index is 0.0955. The molecular weight excluding hydrogens is 342 g/mol. The molecule has 0 bridgehead atoms. The van der Waals surface area contributed by atoms with Crippen LogP contribution in [0.25, 0.3) is 0 Å². The molecule has 2 saturated heterocycles. The Kier molecular flexibility index (Phi) is 4.09. The number of rotatable bonds is 4. The summed E-state index contributed by atoms with van der Waals surface area (Å²) in [4.78, 5) is 10.4. The van der Waals surface area contributed by atoms with Gasteiger partial charge in [-0.2, -0.15) is 4.31 Å². The van der Waals surface area contributed by atoms with Crippen LogP contribution >= 0.6 is 0 Å². The van der Waals surface area contributed by atoms with Gasteiger partial charge in [-0.3, -0.25) is 10.1 Å². The van der Waals surface area contributed by atoms with Crippen molar-refractivity contribution in [2.45, 2.75) is 42.5 Å². The second kappa shape index (κ2) is 6.03. The van der Waals surface area contributed by atoms with E-state index >= 15 is 0 Å². The van der Waals surface area contributed by atoms with E-state index in [2.05, 4.69) is 5.32 Å². The number of piperidine rings is 1. The van der Waals surface area contributed by atoms with Gasteiger partial charge in [0.25, 0.3) is 5.69 Å². The van der Waals surface area contributed by atoms with Crippen LogP contribution in [0.1, 0.15) is 32.1 Å². The van der Waals surface area contributed by atoms with Crippen LogP contribution in [0.15, 0.2) is 29.2 Å². The number of sulfonamides is 1. The lowest BCUT2D eigenvalue weighted by atomic mass is 9.60. The van der Waals surface area contributed by atoms with Crippen molar-refractivity contribution in [1.82, 2.24) is 9.62 Å². The van der Waals surface area contributed by atoms with Crippen LogP contribution in [0.4, 0.5) is 5.69 Å². The summed E-state index contributed by atoms with van der Waals surface area (Å²) in [5, 5.41) is 14.4. The Morgan fingerprint density at radius 2 is 1.92 bits per heavy atom. The van der Waals surface area contributed by atoms with Gasteiger partial charge in [0.2, 0.25) is 10.0 Å². The molecule has 2 heterocycles. The minimum Gasteiger partial charge on any atom is -0.311 e. The molecule has 25 heavy (non-hydrogen) atoms. The molecule has 0 spiro atoms. The highest BCUT2D eigenvalue weighted by Gasteiger charge is 2.55. The standard InChI is InChI=1S/C17H23N3O4S/c21-20(22)15-3-5-16(6-4-15)25(23,24)19-11-1-2-14(12-19)17-9-7-13(17)8-10-18-17/h3-6,13-14,18H,1-2,7-12H2. The molecule has 0 amide bonds. The van der Waals surface area contributed by atoms with Crippen molar-refractivity contribution in [2.75, 3.05) is 19.6 Å². The Labute approximate surface area is 147 Å². The third kappa shape index (κ3) is 2.67. The largest absolute Gasteiger partial charge is 0.311 e. The molecule has 136 valence electrons. The second-order valence-corrected chi connectivity index (χ2v) is 9.38. The zero-order valence-corrected chi connectivity index (χ0v) is 14.9. The fourth-order valence-corrected chi connectivity index (χ4v) is 6.45. The highest BCUT2D eigenvalue weighted by Crippen LogP contribution is 2.51. The number of non-ortho nitro benzene ring substituents is 1. The van der Waals surface area contributed by atoms with Gasteiger partial charge in [0, 0.05) is 30.8 Å². The van der Waals surface area contributed by atoms with Crippen molar-refractivity contribution in [3.8, 4) is 0 Å². The average molecular weight is 365 g/mol. The highest BCUT2D eigenvalue weighted by molar-refractivity contribution is 7.89. The fraction of sp³-hybridized carbons (Fsp3) is 0.647. The molecule has 0 aromatic heterocycles. The van der Waals surface area contributed by atoms with E-state index in [4.69, 9.17) is 0 Å². The fourth-order valence-electron chi connectivity index (χ4n) is 4.93. The molecular formula is C17H23N3O4S. The number of hydrogen-bond donors (Lipinski definition) is 1. The Balaban J connectivity index is 1.55. The lowest BCUT2D eigenvalue weighted by Gasteiger charge is -2.53. The van der Waals surface area contributed by atoms with Crippen molar-refractivity contribution in [3.05, 3.63) is 34.4 Å². The summed E-state index contributed by atoms with van der Waals surface area (Å²) in [5.74, 6) is 1.05. The van der Waals surface area contributed by atoms with E-state index in [0.29, 0.717) is 24.9 Å².